The highest BCUT2D eigenvalue weighted by molar-refractivity contribution is 5.89. The summed E-state index contributed by atoms with van der Waals surface area (Å²) in [5, 5.41) is 8.87. The zero-order chi connectivity index (χ0) is 12.5. The fourth-order valence-electron chi connectivity index (χ4n) is 2.53. The van der Waals surface area contributed by atoms with E-state index in [1.165, 1.54) is 0 Å². The number of fused-ring (bicyclic) bond motifs is 1. The maximum Gasteiger partial charge on any atom is 0.229 e. The molecule has 18 heavy (non-hydrogen) atoms. The van der Waals surface area contributed by atoms with E-state index in [0.29, 0.717) is 19.5 Å². The van der Waals surface area contributed by atoms with Gasteiger partial charge in [-0.05, 0) is 11.6 Å². The van der Waals surface area contributed by atoms with E-state index in [1.54, 1.807) is 0 Å². The highest BCUT2D eigenvalue weighted by Crippen LogP contribution is 2.31. The van der Waals surface area contributed by atoms with Crippen LogP contribution in [0.3, 0.4) is 0 Å². The van der Waals surface area contributed by atoms with Crippen molar-refractivity contribution in [3.63, 3.8) is 0 Å². The Bertz CT molecular complexity index is 501. The Morgan fingerprint density at radius 2 is 2.06 bits per heavy atom. The molecule has 2 unspecified atom stereocenters. The van der Waals surface area contributed by atoms with Crippen molar-refractivity contribution in [2.45, 2.75) is 18.4 Å². The van der Waals surface area contributed by atoms with Crippen LogP contribution in [-0.4, -0.2) is 30.9 Å². The number of rotatable bonds is 2. The average Bonchev–Trinajstić information content (AvgIpc) is 2.95. The van der Waals surface area contributed by atoms with Crippen molar-refractivity contribution in [2.75, 3.05) is 18.4 Å². The third kappa shape index (κ3) is 1.92. The minimum absolute atomic E-state index is 0.00486. The predicted molar refractivity (Wildman–Crippen MR) is 67.2 cm³/mol. The van der Waals surface area contributed by atoms with E-state index in [0.717, 1.165) is 11.3 Å². The molecule has 5 nitrogen and oxygen atoms in total. The van der Waals surface area contributed by atoms with Crippen molar-refractivity contribution in [3.8, 4) is 0 Å². The minimum atomic E-state index is -0.156. The average molecular weight is 245 g/mol. The SMILES string of the molecule is O=C1CC(NC(=O)C2CNc3ccccc32)CN1. The highest BCUT2D eigenvalue weighted by Gasteiger charge is 2.31. The lowest BCUT2D eigenvalue weighted by Crippen LogP contribution is -2.39. The quantitative estimate of drug-likeness (QED) is 0.697. The van der Waals surface area contributed by atoms with E-state index in [1.807, 2.05) is 24.3 Å². The normalized spacial score (nSPS) is 25.2. The van der Waals surface area contributed by atoms with Crippen LogP contribution in [0.4, 0.5) is 5.69 Å². The first-order valence-electron chi connectivity index (χ1n) is 6.14. The maximum atomic E-state index is 12.2. The van der Waals surface area contributed by atoms with Crippen molar-refractivity contribution in [1.29, 1.82) is 0 Å². The Balaban J connectivity index is 1.69. The molecule has 3 N–H and O–H groups in total. The Labute approximate surface area is 105 Å². The van der Waals surface area contributed by atoms with E-state index >= 15 is 0 Å². The molecule has 0 saturated carbocycles. The maximum absolute atomic E-state index is 12.2. The number of carbonyl (C=O) groups is 2. The van der Waals surface area contributed by atoms with Crippen LogP contribution in [0.5, 0.6) is 0 Å². The van der Waals surface area contributed by atoms with Crippen LogP contribution in [0.25, 0.3) is 0 Å². The van der Waals surface area contributed by atoms with Crippen molar-refractivity contribution in [2.24, 2.45) is 0 Å². The summed E-state index contributed by atoms with van der Waals surface area (Å²) in [6.45, 7) is 1.16. The van der Waals surface area contributed by atoms with Gasteiger partial charge in [-0.1, -0.05) is 18.2 Å². The van der Waals surface area contributed by atoms with E-state index in [-0.39, 0.29) is 23.8 Å². The number of amides is 2. The largest absolute Gasteiger partial charge is 0.384 e. The van der Waals surface area contributed by atoms with Crippen LogP contribution in [0.1, 0.15) is 17.9 Å². The summed E-state index contributed by atoms with van der Waals surface area (Å²) >= 11 is 0. The van der Waals surface area contributed by atoms with Crippen LogP contribution in [0, 0.1) is 0 Å². The molecule has 1 saturated heterocycles. The smallest absolute Gasteiger partial charge is 0.229 e. The molecule has 2 aliphatic heterocycles. The molecular formula is C13H15N3O2. The molecule has 94 valence electrons. The number of para-hydroxylation sites is 1. The molecule has 2 amide bonds. The van der Waals surface area contributed by atoms with Gasteiger partial charge in [0.15, 0.2) is 0 Å². The molecular weight excluding hydrogens is 230 g/mol. The molecule has 2 atom stereocenters. The molecule has 0 radical (unpaired) electrons. The lowest BCUT2D eigenvalue weighted by Gasteiger charge is -2.14. The van der Waals surface area contributed by atoms with Gasteiger partial charge >= 0.3 is 0 Å². The molecule has 2 heterocycles. The van der Waals surface area contributed by atoms with Crippen LogP contribution in [0.2, 0.25) is 0 Å². The topological polar surface area (TPSA) is 70.2 Å². The fourth-order valence-corrected chi connectivity index (χ4v) is 2.53. The van der Waals surface area contributed by atoms with Crippen LogP contribution in [-0.2, 0) is 9.59 Å². The second-order valence-corrected chi connectivity index (χ2v) is 4.73. The van der Waals surface area contributed by atoms with Gasteiger partial charge in [0.2, 0.25) is 11.8 Å². The lowest BCUT2D eigenvalue weighted by atomic mass is 10.00. The lowest BCUT2D eigenvalue weighted by molar-refractivity contribution is -0.122. The molecule has 0 spiro atoms. The molecule has 0 aliphatic carbocycles. The fraction of sp³-hybridized carbons (Fsp3) is 0.385. The number of carbonyl (C=O) groups excluding carboxylic acids is 2. The standard InChI is InChI=1S/C13H15N3O2/c17-12-5-8(6-15-12)16-13(18)10-7-14-11-4-2-1-3-9(10)11/h1-4,8,10,14H,5-7H2,(H,15,17)(H,16,18). The summed E-state index contributed by atoms with van der Waals surface area (Å²) in [5.74, 6) is -0.156. The zero-order valence-corrected chi connectivity index (χ0v) is 9.90. The first-order valence-corrected chi connectivity index (χ1v) is 6.14. The molecule has 1 fully saturated rings. The van der Waals surface area contributed by atoms with E-state index in [4.69, 9.17) is 0 Å². The molecule has 3 rings (SSSR count). The Morgan fingerprint density at radius 3 is 2.83 bits per heavy atom. The third-order valence-electron chi connectivity index (χ3n) is 3.47. The van der Waals surface area contributed by atoms with Gasteiger partial charge in [-0.25, -0.2) is 0 Å². The van der Waals surface area contributed by atoms with Crippen LogP contribution in [0.15, 0.2) is 24.3 Å². The Kier molecular flexibility index (Phi) is 2.66. The summed E-state index contributed by atoms with van der Waals surface area (Å²) in [6, 6.07) is 7.76. The summed E-state index contributed by atoms with van der Waals surface area (Å²) in [5.41, 5.74) is 2.06. The van der Waals surface area contributed by atoms with Crippen molar-refractivity contribution < 1.29 is 9.59 Å². The molecule has 0 bridgehead atoms. The molecule has 2 aliphatic rings. The number of anilines is 1. The first-order chi connectivity index (χ1) is 8.74. The predicted octanol–water partition coefficient (Wildman–Crippen LogP) is 0.200. The van der Waals surface area contributed by atoms with Gasteiger partial charge in [-0.15, -0.1) is 0 Å². The molecule has 0 aromatic heterocycles. The van der Waals surface area contributed by atoms with Crippen LogP contribution >= 0.6 is 0 Å². The monoisotopic (exact) mass is 245 g/mol. The van der Waals surface area contributed by atoms with E-state index in [9.17, 15) is 9.59 Å². The molecule has 1 aromatic carbocycles. The van der Waals surface area contributed by atoms with E-state index < -0.39 is 0 Å². The molecule has 1 aromatic rings. The number of hydrogen-bond acceptors (Lipinski definition) is 3. The minimum Gasteiger partial charge on any atom is -0.384 e. The van der Waals surface area contributed by atoms with Gasteiger partial charge in [0.1, 0.15) is 0 Å². The summed E-state index contributed by atoms with van der Waals surface area (Å²) in [4.78, 5) is 23.3. The summed E-state index contributed by atoms with van der Waals surface area (Å²) in [7, 11) is 0. The van der Waals surface area contributed by atoms with Gasteiger partial charge in [-0.2, -0.15) is 0 Å². The zero-order valence-electron chi connectivity index (χ0n) is 9.90. The van der Waals surface area contributed by atoms with Crippen molar-refractivity contribution in [3.05, 3.63) is 29.8 Å². The summed E-state index contributed by atoms with van der Waals surface area (Å²) in [6.07, 6.45) is 0.382. The highest BCUT2D eigenvalue weighted by atomic mass is 16.2. The number of nitrogens with one attached hydrogen (secondary N) is 3. The Morgan fingerprint density at radius 1 is 1.22 bits per heavy atom. The number of hydrogen-bond donors (Lipinski definition) is 3. The first kappa shape index (κ1) is 11.1. The van der Waals surface area contributed by atoms with Gasteiger partial charge in [0.25, 0.3) is 0 Å². The molecule has 5 heteroatoms. The second-order valence-electron chi connectivity index (χ2n) is 4.73. The van der Waals surface area contributed by atoms with Gasteiger partial charge < -0.3 is 16.0 Å². The Hall–Kier alpha value is -2.04. The van der Waals surface area contributed by atoms with Gasteiger partial charge in [0.05, 0.1) is 12.0 Å². The van der Waals surface area contributed by atoms with Gasteiger partial charge in [0, 0.05) is 25.2 Å². The van der Waals surface area contributed by atoms with E-state index in [2.05, 4.69) is 16.0 Å². The third-order valence-corrected chi connectivity index (χ3v) is 3.47. The van der Waals surface area contributed by atoms with Crippen LogP contribution < -0.4 is 16.0 Å². The second kappa shape index (κ2) is 4.33. The van der Waals surface area contributed by atoms with Crippen molar-refractivity contribution >= 4 is 17.5 Å². The number of benzene rings is 1. The van der Waals surface area contributed by atoms with Gasteiger partial charge in [-0.3, -0.25) is 9.59 Å². The van der Waals surface area contributed by atoms with Crippen molar-refractivity contribution in [1.82, 2.24) is 10.6 Å². The summed E-state index contributed by atoms with van der Waals surface area (Å²) < 4.78 is 0.